The van der Waals surface area contributed by atoms with Crippen LogP contribution in [0.1, 0.15) is 13.3 Å². The van der Waals surface area contributed by atoms with Crippen LogP contribution in [-0.4, -0.2) is 43.2 Å². The summed E-state index contributed by atoms with van der Waals surface area (Å²) < 4.78 is 23.8. The summed E-state index contributed by atoms with van der Waals surface area (Å²) in [6, 6.07) is 7.14. The topological polar surface area (TPSA) is 46.2 Å². The minimum absolute atomic E-state index is 0.218. The van der Waals surface area contributed by atoms with Gasteiger partial charge in [0, 0.05) is 34.7 Å². The second-order valence-corrected chi connectivity index (χ2v) is 9.46. The van der Waals surface area contributed by atoms with E-state index in [1.54, 1.807) is 12.1 Å². The monoisotopic (exact) mass is 331 g/mol. The van der Waals surface area contributed by atoms with Crippen LogP contribution >= 0.6 is 23.5 Å². The van der Waals surface area contributed by atoms with Gasteiger partial charge in [-0.3, -0.25) is 0 Å². The molecule has 0 radical (unpaired) electrons. The van der Waals surface area contributed by atoms with Crippen LogP contribution in [0, 0.1) is 0 Å². The van der Waals surface area contributed by atoms with Crippen molar-refractivity contribution in [3.63, 3.8) is 0 Å². The highest BCUT2D eigenvalue weighted by molar-refractivity contribution is 8.06. The zero-order valence-corrected chi connectivity index (χ0v) is 14.1. The molecule has 1 atom stereocenters. The summed E-state index contributed by atoms with van der Waals surface area (Å²) in [5.41, 5.74) is 0.997. The lowest BCUT2D eigenvalue weighted by atomic mass is 10.3. The van der Waals surface area contributed by atoms with Crippen LogP contribution in [-0.2, 0) is 9.84 Å². The third-order valence-corrected chi connectivity index (χ3v) is 7.89. The van der Waals surface area contributed by atoms with Crippen molar-refractivity contribution in [1.82, 2.24) is 0 Å². The number of sulfone groups is 1. The van der Waals surface area contributed by atoms with E-state index in [4.69, 9.17) is 0 Å². The molecule has 1 aromatic rings. The first-order valence-corrected chi connectivity index (χ1v) is 10.7. The summed E-state index contributed by atoms with van der Waals surface area (Å²) >= 11 is 4.03. The summed E-state index contributed by atoms with van der Waals surface area (Å²) in [6.07, 6.45) is 0.652. The molecular formula is C14H21NO2S3. The number of rotatable bonds is 6. The summed E-state index contributed by atoms with van der Waals surface area (Å²) in [4.78, 5) is 0.424. The van der Waals surface area contributed by atoms with Gasteiger partial charge in [0.25, 0.3) is 0 Å². The predicted molar refractivity (Wildman–Crippen MR) is 90.8 cm³/mol. The Morgan fingerprint density at radius 3 is 2.60 bits per heavy atom. The molecular weight excluding hydrogens is 310 g/mol. The molecule has 0 aliphatic carbocycles. The second-order valence-electron chi connectivity index (χ2n) is 4.79. The maximum atomic E-state index is 11.9. The highest BCUT2D eigenvalue weighted by Crippen LogP contribution is 2.24. The number of benzene rings is 1. The van der Waals surface area contributed by atoms with Gasteiger partial charge < -0.3 is 5.32 Å². The van der Waals surface area contributed by atoms with Crippen molar-refractivity contribution in [2.45, 2.75) is 23.5 Å². The zero-order chi connectivity index (χ0) is 14.4. The van der Waals surface area contributed by atoms with E-state index in [0.29, 0.717) is 16.6 Å². The molecule has 0 bridgehead atoms. The fraction of sp³-hybridized carbons (Fsp3) is 0.571. The number of thioether (sulfide) groups is 2. The normalized spacial score (nSPS) is 19.8. The summed E-state index contributed by atoms with van der Waals surface area (Å²) in [5.74, 6) is 3.90. The van der Waals surface area contributed by atoms with Crippen molar-refractivity contribution in [2.24, 2.45) is 0 Å². The Morgan fingerprint density at radius 2 is 2.00 bits per heavy atom. The molecule has 1 aromatic carbocycles. The Kier molecular flexibility index (Phi) is 6.11. The SMILES string of the molecule is CCCS(=O)(=O)c1ccc(NCC2CSCCS2)cc1. The molecule has 20 heavy (non-hydrogen) atoms. The molecule has 3 nitrogen and oxygen atoms in total. The van der Waals surface area contributed by atoms with E-state index in [2.05, 4.69) is 5.32 Å². The molecule has 6 heteroatoms. The van der Waals surface area contributed by atoms with Crippen LogP contribution in [0.3, 0.4) is 0 Å². The van der Waals surface area contributed by atoms with Gasteiger partial charge in [0.2, 0.25) is 0 Å². The molecule has 1 aliphatic heterocycles. The molecule has 0 saturated carbocycles. The molecule has 1 heterocycles. The van der Waals surface area contributed by atoms with E-state index in [1.807, 2.05) is 42.6 Å². The maximum absolute atomic E-state index is 11.9. The first-order chi connectivity index (χ1) is 9.62. The van der Waals surface area contributed by atoms with Gasteiger partial charge in [-0.15, -0.1) is 0 Å². The minimum atomic E-state index is -3.10. The smallest absolute Gasteiger partial charge is 0.178 e. The molecule has 1 aliphatic rings. The Labute approximate surface area is 130 Å². The van der Waals surface area contributed by atoms with Crippen molar-refractivity contribution in [1.29, 1.82) is 0 Å². The Morgan fingerprint density at radius 1 is 1.25 bits per heavy atom. The van der Waals surface area contributed by atoms with Gasteiger partial charge in [-0.2, -0.15) is 23.5 Å². The number of hydrogen-bond acceptors (Lipinski definition) is 5. The predicted octanol–water partition coefficient (Wildman–Crippen LogP) is 3.13. The largest absolute Gasteiger partial charge is 0.384 e. The average Bonchev–Trinajstić information content (AvgIpc) is 2.47. The van der Waals surface area contributed by atoms with Gasteiger partial charge >= 0.3 is 0 Å². The molecule has 1 fully saturated rings. The maximum Gasteiger partial charge on any atom is 0.178 e. The van der Waals surface area contributed by atoms with Gasteiger partial charge in [-0.05, 0) is 30.7 Å². The highest BCUT2D eigenvalue weighted by atomic mass is 32.2. The summed E-state index contributed by atoms with van der Waals surface area (Å²) in [6.45, 7) is 2.83. The second kappa shape index (κ2) is 7.61. The van der Waals surface area contributed by atoms with Crippen LogP contribution < -0.4 is 5.32 Å². The lowest BCUT2D eigenvalue weighted by molar-refractivity contribution is 0.595. The number of anilines is 1. The van der Waals surface area contributed by atoms with Crippen molar-refractivity contribution < 1.29 is 8.42 Å². The molecule has 0 aromatic heterocycles. The molecule has 1 saturated heterocycles. The average molecular weight is 332 g/mol. The highest BCUT2D eigenvalue weighted by Gasteiger charge is 2.15. The fourth-order valence-electron chi connectivity index (χ4n) is 2.05. The Balaban J connectivity index is 1.91. The standard InChI is InChI=1S/C14H21NO2S3/c1-2-9-20(16,17)14-5-3-12(4-6-14)15-10-13-11-18-7-8-19-13/h3-6,13,15H,2,7-11H2,1H3. The van der Waals surface area contributed by atoms with E-state index in [-0.39, 0.29) is 5.75 Å². The molecule has 2 rings (SSSR count). The van der Waals surface area contributed by atoms with E-state index >= 15 is 0 Å². The quantitative estimate of drug-likeness (QED) is 0.868. The van der Waals surface area contributed by atoms with E-state index in [0.717, 1.165) is 12.2 Å². The van der Waals surface area contributed by atoms with Crippen molar-refractivity contribution >= 4 is 39.0 Å². The van der Waals surface area contributed by atoms with Gasteiger partial charge in [0.1, 0.15) is 0 Å². The van der Waals surface area contributed by atoms with Gasteiger partial charge in [0.15, 0.2) is 9.84 Å². The van der Waals surface area contributed by atoms with Crippen LogP contribution in [0.4, 0.5) is 5.69 Å². The first kappa shape index (κ1) is 16.0. The minimum Gasteiger partial charge on any atom is -0.384 e. The first-order valence-electron chi connectivity index (χ1n) is 6.88. The molecule has 112 valence electrons. The summed E-state index contributed by atoms with van der Waals surface area (Å²) in [7, 11) is -3.10. The van der Waals surface area contributed by atoms with Crippen LogP contribution in [0.2, 0.25) is 0 Å². The van der Waals surface area contributed by atoms with Crippen LogP contribution in [0.25, 0.3) is 0 Å². The molecule has 0 amide bonds. The third-order valence-electron chi connectivity index (χ3n) is 3.11. The Hall–Kier alpha value is -0.330. The van der Waals surface area contributed by atoms with E-state index in [1.165, 1.54) is 17.3 Å². The number of hydrogen-bond donors (Lipinski definition) is 1. The van der Waals surface area contributed by atoms with E-state index < -0.39 is 9.84 Å². The number of nitrogens with one attached hydrogen (secondary N) is 1. The zero-order valence-electron chi connectivity index (χ0n) is 11.7. The lowest BCUT2D eigenvalue weighted by Gasteiger charge is -2.21. The Bertz CT molecular complexity index is 508. The van der Waals surface area contributed by atoms with Gasteiger partial charge in [-0.25, -0.2) is 8.42 Å². The van der Waals surface area contributed by atoms with Crippen LogP contribution in [0.5, 0.6) is 0 Å². The third kappa shape index (κ3) is 4.60. The van der Waals surface area contributed by atoms with E-state index in [9.17, 15) is 8.42 Å². The summed E-state index contributed by atoms with van der Waals surface area (Å²) in [5, 5.41) is 4.05. The van der Waals surface area contributed by atoms with Crippen molar-refractivity contribution in [2.75, 3.05) is 34.9 Å². The molecule has 1 unspecified atom stereocenters. The van der Waals surface area contributed by atoms with Crippen LogP contribution in [0.15, 0.2) is 29.2 Å². The molecule has 0 spiro atoms. The van der Waals surface area contributed by atoms with Gasteiger partial charge in [-0.1, -0.05) is 6.92 Å². The lowest BCUT2D eigenvalue weighted by Crippen LogP contribution is -2.23. The van der Waals surface area contributed by atoms with Crippen molar-refractivity contribution in [3.8, 4) is 0 Å². The fourth-order valence-corrected chi connectivity index (χ4v) is 5.99. The molecule has 1 N–H and O–H groups in total. The van der Waals surface area contributed by atoms with Gasteiger partial charge in [0.05, 0.1) is 10.6 Å². The van der Waals surface area contributed by atoms with Crippen molar-refractivity contribution in [3.05, 3.63) is 24.3 Å².